The Kier molecular flexibility index (Phi) is 4.07. The monoisotopic (exact) mass is 247 g/mol. The van der Waals surface area contributed by atoms with Crippen LogP contribution in [0.3, 0.4) is 0 Å². The lowest BCUT2D eigenvalue weighted by molar-refractivity contribution is 0.0989. The molecule has 1 aliphatic carbocycles. The zero-order valence-corrected chi connectivity index (χ0v) is 10.4. The molecule has 0 amide bonds. The first kappa shape index (κ1) is 12.7. The minimum Gasteiger partial charge on any atom is -0.497 e. The van der Waals surface area contributed by atoms with Crippen molar-refractivity contribution in [3.8, 4) is 5.75 Å². The van der Waals surface area contributed by atoms with Crippen LogP contribution in [0.15, 0.2) is 29.4 Å². The molecule has 5 nitrogen and oxygen atoms in total. The minimum atomic E-state index is -0.373. The number of methoxy groups -OCH3 is 1. The molecule has 18 heavy (non-hydrogen) atoms. The number of aliphatic hydroxyl groups is 1. The van der Waals surface area contributed by atoms with Gasteiger partial charge in [-0.25, -0.2) is 0 Å². The third kappa shape index (κ3) is 2.75. The van der Waals surface area contributed by atoms with E-state index in [1.54, 1.807) is 7.11 Å². The van der Waals surface area contributed by atoms with E-state index in [0.717, 1.165) is 17.7 Å². The average molecular weight is 247 g/mol. The molecule has 96 valence electrons. The second-order valence-corrected chi connectivity index (χ2v) is 4.62. The van der Waals surface area contributed by atoms with Gasteiger partial charge in [0, 0.05) is 16.9 Å². The van der Waals surface area contributed by atoms with Crippen LogP contribution in [-0.4, -0.2) is 24.4 Å². The highest BCUT2D eigenvalue weighted by molar-refractivity contribution is 5.32. The van der Waals surface area contributed by atoms with Crippen LogP contribution in [0, 0.1) is 0 Å². The van der Waals surface area contributed by atoms with Crippen molar-refractivity contribution in [2.24, 2.45) is 5.11 Å². The predicted molar refractivity (Wildman–Crippen MR) is 68.5 cm³/mol. The van der Waals surface area contributed by atoms with E-state index < -0.39 is 0 Å². The molecule has 0 bridgehead atoms. The van der Waals surface area contributed by atoms with Crippen LogP contribution < -0.4 is 4.74 Å². The molecule has 5 heteroatoms. The van der Waals surface area contributed by atoms with E-state index in [1.807, 2.05) is 24.3 Å². The van der Waals surface area contributed by atoms with Gasteiger partial charge >= 0.3 is 0 Å². The molecular formula is C13H17N3O2. The van der Waals surface area contributed by atoms with Crippen LogP contribution >= 0.6 is 0 Å². The van der Waals surface area contributed by atoms with Crippen molar-refractivity contribution in [3.05, 3.63) is 40.3 Å². The number of rotatable bonds is 3. The normalized spacial score (nSPS) is 27.3. The summed E-state index contributed by atoms with van der Waals surface area (Å²) >= 11 is 0. The van der Waals surface area contributed by atoms with E-state index >= 15 is 0 Å². The molecule has 1 aromatic carbocycles. The van der Waals surface area contributed by atoms with Crippen molar-refractivity contribution in [1.29, 1.82) is 0 Å². The highest BCUT2D eigenvalue weighted by atomic mass is 16.5. The summed E-state index contributed by atoms with van der Waals surface area (Å²) in [5.74, 6) is 0.801. The summed E-state index contributed by atoms with van der Waals surface area (Å²) in [6.07, 6.45) is 1.75. The maximum atomic E-state index is 10.1. The summed E-state index contributed by atoms with van der Waals surface area (Å²) in [5, 5.41) is 13.9. The van der Waals surface area contributed by atoms with E-state index in [-0.39, 0.29) is 18.1 Å². The Hall–Kier alpha value is -1.71. The maximum absolute atomic E-state index is 10.1. The Morgan fingerprint density at radius 1 is 1.44 bits per heavy atom. The van der Waals surface area contributed by atoms with Crippen LogP contribution in [0.5, 0.6) is 5.75 Å². The fraction of sp³-hybridized carbons (Fsp3) is 0.538. The lowest BCUT2D eigenvalue weighted by atomic mass is 9.79. The molecule has 0 unspecified atom stereocenters. The highest BCUT2D eigenvalue weighted by Crippen LogP contribution is 2.35. The van der Waals surface area contributed by atoms with Gasteiger partial charge in [0.1, 0.15) is 5.75 Å². The molecule has 1 N–H and O–H groups in total. The zero-order valence-electron chi connectivity index (χ0n) is 10.4. The Balaban J connectivity index is 2.20. The first-order valence-corrected chi connectivity index (χ1v) is 6.11. The van der Waals surface area contributed by atoms with Gasteiger partial charge in [-0.1, -0.05) is 17.2 Å². The SMILES string of the molecule is COc1cccc([C@@H]2C[C@H](N=[N+]=[N-])CC[C@H]2O)c1. The van der Waals surface area contributed by atoms with Gasteiger partial charge < -0.3 is 9.84 Å². The molecule has 1 saturated carbocycles. The molecule has 1 fully saturated rings. The smallest absolute Gasteiger partial charge is 0.119 e. The fourth-order valence-corrected chi connectivity index (χ4v) is 2.54. The molecule has 3 atom stereocenters. The number of aliphatic hydroxyl groups excluding tert-OH is 1. The topological polar surface area (TPSA) is 78.2 Å². The molecule has 0 radical (unpaired) electrons. The maximum Gasteiger partial charge on any atom is 0.119 e. The molecule has 0 spiro atoms. The summed E-state index contributed by atoms with van der Waals surface area (Å²) in [6.45, 7) is 0. The molecule has 0 aliphatic heterocycles. The predicted octanol–water partition coefficient (Wildman–Crippen LogP) is 3.00. The number of hydrogen-bond acceptors (Lipinski definition) is 3. The van der Waals surface area contributed by atoms with Crippen molar-refractivity contribution in [1.82, 2.24) is 0 Å². The molecule has 1 aliphatic rings. The molecule has 0 heterocycles. The second kappa shape index (κ2) is 5.76. The first-order chi connectivity index (χ1) is 8.74. The second-order valence-electron chi connectivity index (χ2n) is 4.62. The number of nitrogens with zero attached hydrogens (tertiary/aromatic N) is 3. The number of azide groups is 1. The van der Waals surface area contributed by atoms with Crippen LogP contribution in [-0.2, 0) is 0 Å². The Bertz CT molecular complexity index is 457. The van der Waals surface area contributed by atoms with Crippen LogP contribution in [0.25, 0.3) is 10.4 Å². The van der Waals surface area contributed by atoms with Gasteiger partial charge in [-0.2, -0.15) is 0 Å². The van der Waals surface area contributed by atoms with Crippen LogP contribution in [0.4, 0.5) is 0 Å². The molecular weight excluding hydrogens is 230 g/mol. The molecule has 2 rings (SSSR count). The van der Waals surface area contributed by atoms with Gasteiger partial charge in [-0.15, -0.1) is 0 Å². The van der Waals surface area contributed by atoms with Gasteiger partial charge in [0.05, 0.1) is 13.2 Å². The van der Waals surface area contributed by atoms with Gasteiger partial charge in [0.25, 0.3) is 0 Å². The quantitative estimate of drug-likeness (QED) is 0.506. The van der Waals surface area contributed by atoms with Gasteiger partial charge in [-0.05, 0) is 42.5 Å². The first-order valence-electron chi connectivity index (χ1n) is 6.11. The van der Waals surface area contributed by atoms with E-state index in [9.17, 15) is 5.11 Å². The van der Waals surface area contributed by atoms with Crippen molar-refractivity contribution < 1.29 is 9.84 Å². The van der Waals surface area contributed by atoms with E-state index in [2.05, 4.69) is 10.0 Å². The van der Waals surface area contributed by atoms with Gasteiger partial charge in [0.15, 0.2) is 0 Å². The highest BCUT2D eigenvalue weighted by Gasteiger charge is 2.29. The van der Waals surface area contributed by atoms with E-state index in [1.165, 1.54) is 0 Å². The minimum absolute atomic E-state index is 0.0179. The zero-order chi connectivity index (χ0) is 13.0. The van der Waals surface area contributed by atoms with Crippen molar-refractivity contribution >= 4 is 0 Å². The fourth-order valence-electron chi connectivity index (χ4n) is 2.54. The Morgan fingerprint density at radius 2 is 2.28 bits per heavy atom. The number of hydrogen-bond donors (Lipinski definition) is 1. The molecule has 0 aromatic heterocycles. The third-order valence-corrected chi connectivity index (χ3v) is 3.52. The number of ether oxygens (including phenoxy) is 1. The average Bonchev–Trinajstić information content (AvgIpc) is 2.41. The van der Waals surface area contributed by atoms with E-state index in [4.69, 9.17) is 10.3 Å². The number of benzene rings is 1. The summed E-state index contributed by atoms with van der Waals surface area (Å²) in [6, 6.07) is 7.69. The Morgan fingerprint density at radius 3 is 3.00 bits per heavy atom. The summed E-state index contributed by atoms with van der Waals surface area (Å²) in [5.41, 5.74) is 9.54. The van der Waals surface area contributed by atoms with Gasteiger partial charge in [-0.3, -0.25) is 0 Å². The van der Waals surface area contributed by atoms with Crippen molar-refractivity contribution in [3.63, 3.8) is 0 Å². The standard InChI is InChI=1S/C13H17N3O2/c1-18-11-4-2-3-9(7-11)12-8-10(15-16-14)5-6-13(12)17/h2-4,7,10,12-13,17H,5-6,8H2,1H3/t10-,12+,13-/m1/s1. The molecule has 1 aromatic rings. The van der Waals surface area contributed by atoms with Crippen molar-refractivity contribution in [2.45, 2.75) is 37.3 Å². The Labute approximate surface area is 106 Å². The largest absolute Gasteiger partial charge is 0.497 e. The van der Waals surface area contributed by atoms with Gasteiger partial charge in [0.2, 0.25) is 0 Å². The summed E-state index contributed by atoms with van der Waals surface area (Å²) in [7, 11) is 1.62. The third-order valence-electron chi connectivity index (χ3n) is 3.52. The molecule has 0 saturated heterocycles. The van der Waals surface area contributed by atoms with Crippen LogP contribution in [0.1, 0.15) is 30.7 Å². The summed E-state index contributed by atoms with van der Waals surface area (Å²) in [4.78, 5) is 2.86. The van der Waals surface area contributed by atoms with Crippen molar-refractivity contribution in [2.75, 3.05) is 7.11 Å². The van der Waals surface area contributed by atoms with E-state index in [0.29, 0.717) is 12.8 Å². The summed E-state index contributed by atoms with van der Waals surface area (Å²) < 4.78 is 5.19. The lowest BCUT2D eigenvalue weighted by Gasteiger charge is -2.31. The lowest BCUT2D eigenvalue weighted by Crippen LogP contribution is -2.29. The van der Waals surface area contributed by atoms with Crippen LogP contribution in [0.2, 0.25) is 0 Å².